The second-order valence-corrected chi connectivity index (χ2v) is 3.51. The summed E-state index contributed by atoms with van der Waals surface area (Å²) in [5, 5.41) is 10.2. The van der Waals surface area contributed by atoms with E-state index in [0.29, 0.717) is 10.8 Å². The van der Waals surface area contributed by atoms with E-state index in [0.717, 1.165) is 6.07 Å². The van der Waals surface area contributed by atoms with Crippen molar-refractivity contribution in [2.45, 2.75) is 12.8 Å². The lowest BCUT2D eigenvalue weighted by Crippen LogP contribution is -2.09. The van der Waals surface area contributed by atoms with Gasteiger partial charge in [0.15, 0.2) is 0 Å². The summed E-state index contributed by atoms with van der Waals surface area (Å²) in [5.41, 5.74) is -0.861. The second-order valence-electron chi connectivity index (χ2n) is 3.51. The van der Waals surface area contributed by atoms with Crippen LogP contribution in [0.25, 0.3) is 10.8 Å². The third kappa shape index (κ3) is 1.88. The van der Waals surface area contributed by atoms with Crippen LogP contribution in [0, 0.1) is 0 Å². The van der Waals surface area contributed by atoms with E-state index in [1.165, 1.54) is 6.07 Å². The molecule has 0 aromatic heterocycles. The molecule has 0 atom stereocenters. The molecule has 0 saturated heterocycles. The van der Waals surface area contributed by atoms with Crippen molar-refractivity contribution in [3.8, 4) is 0 Å². The molecule has 0 spiro atoms. The van der Waals surface area contributed by atoms with E-state index in [1.54, 1.807) is 24.3 Å². The van der Waals surface area contributed by atoms with Crippen LogP contribution < -0.4 is 0 Å². The van der Waals surface area contributed by atoms with Gasteiger partial charge >= 0.3 is 6.18 Å². The lowest BCUT2D eigenvalue weighted by molar-refractivity contribution is -0.138. The maximum atomic E-state index is 12.7. The van der Waals surface area contributed by atoms with Crippen LogP contribution >= 0.6 is 0 Å². The highest BCUT2D eigenvalue weighted by atomic mass is 19.4. The number of hydrogen-bond acceptors (Lipinski definition) is 1. The minimum atomic E-state index is -4.43. The van der Waals surface area contributed by atoms with Crippen molar-refractivity contribution in [1.29, 1.82) is 0 Å². The summed E-state index contributed by atoms with van der Waals surface area (Å²) < 4.78 is 38.0. The Morgan fingerprint density at radius 2 is 1.56 bits per heavy atom. The molecule has 4 heteroatoms. The maximum absolute atomic E-state index is 12.7. The highest BCUT2D eigenvalue weighted by Gasteiger charge is 2.33. The predicted octanol–water partition coefficient (Wildman–Crippen LogP) is 3.35. The summed E-state index contributed by atoms with van der Waals surface area (Å²) in [7, 11) is 0. The first-order valence-corrected chi connectivity index (χ1v) is 4.72. The van der Waals surface area contributed by atoms with Crippen molar-refractivity contribution in [3.63, 3.8) is 0 Å². The molecule has 0 aliphatic rings. The van der Waals surface area contributed by atoms with Gasteiger partial charge in [-0.05, 0) is 28.5 Å². The summed E-state index contributed by atoms with van der Waals surface area (Å²) >= 11 is 0. The summed E-state index contributed by atoms with van der Waals surface area (Å²) in [6.45, 7) is -0.611. The van der Waals surface area contributed by atoms with Gasteiger partial charge in [-0.2, -0.15) is 13.2 Å². The number of halogens is 3. The van der Waals surface area contributed by atoms with Crippen molar-refractivity contribution in [1.82, 2.24) is 0 Å². The molecule has 1 nitrogen and oxygen atoms in total. The molecule has 2 rings (SSSR count). The van der Waals surface area contributed by atoms with E-state index in [9.17, 15) is 13.2 Å². The molecule has 0 aliphatic heterocycles. The summed E-state index contributed by atoms with van der Waals surface area (Å²) in [4.78, 5) is 0. The molecule has 2 aromatic carbocycles. The smallest absolute Gasteiger partial charge is 0.392 e. The average molecular weight is 226 g/mol. The van der Waals surface area contributed by atoms with Gasteiger partial charge < -0.3 is 5.11 Å². The molecule has 16 heavy (non-hydrogen) atoms. The monoisotopic (exact) mass is 226 g/mol. The van der Waals surface area contributed by atoms with Gasteiger partial charge in [-0.15, -0.1) is 0 Å². The van der Waals surface area contributed by atoms with Gasteiger partial charge in [0.2, 0.25) is 0 Å². The minimum Gasteiger partial charge on any atom is -0.392 e. The van der Waals surface area contributed by atoms with Crippen LogP contribution in [-0.4, -0.2) is 5.11 Å². The number of rotatable bonds is 1. The summed E-state index contributed by atoms with van der Waals surface area (Å²) in [6.07, 6.45) is -4.43. The first-order chi connectivity index (χ1) is 7.52. The minimum absolute atomic E-state index is 0.0915. The standard InChI is InChI=1S/C12H9F3O/c13-12(14,15)11-6-9-4-2-1-3-8(9)5-10(11)7-16/h1-6,16H,7H2. The lowest BCUT2D eigenvalue weighted by Gasteiger charge is -2.12. The SMILES string of the molecule is OCc1cc2ccccc2cc1C(F)(F)F. The predicted molar refractivity (Wildman–Crippen MR) is 54.9 cm³/mol. The second kappa shape index (κ2) is 3.79. The molecule has 0 fully saturated rings. The molecular weight excluding hydrogens is 217 g/mol. The van der Waals surface area contributed by atoms with E-state index >= 15 is 0 Å². The Morgan fingerprint density at radius 1 is 1.00 bits per heavy atom. The van der Waals surface area contributed by atoms with Crippen molar-refractivity contribution in [3.05, 3.63) is 47.5 Å². The fraction of sp³-hybridized carbons (Fsp3) is 0.167. The van der Waals surface area contributed by atoms with E-state index in [2.05, 4.69) is 0 Å². The highest BCUT2D eigenvalue weighted by Crippen LogP contribution is 2.34. The van der Waals surface area contributed by atoms with Crippen molar-refractivity contribution >= 4 is 10.8 Å². The molecule has 2 aromatic rings. The molecule has 0 heterocycles. The van der Waals surface area contributed by atoms with Gasteiger partial charge in [0.1, 0.15) is 0 Å². The molecule has 0 unspecified atom stereocenters. The van der Waals surface area contributed by atoms with Crippen molar-refractivity contribution in [2.75, 3.05) is 0 Å². The fourth-order valence-corrected chi connectivity index (χ4v) is 1.68. The van der Waals surface area contributed by atoms with Gasteiger partial charge in [0, 0.05) is 0 Å². The number of aliphatic hydroxyl groups is 1. The molecule has 1 N–H and O–H groups in total. The Balaban J connectivity index is 2.73. The van der Waals surface area contributed by atoms with E-state index in [-0.39, 0.29) is 5.56 Å². The number of alkyl halides is 3. The Kier molecular flexibility index (Phi) is 2.59. The summed E-state index contributed by atoms with van der Waals surface area (Å²) in [5.74, 6) is 0. The van der Waals surface area contributed by atoms with Gasteiger partial charge in [-0.3, -0.25) is 0 Å². The largest absolute Gasteiger partial charge is 0.416 e. The Bertz CT molecular complexity index is 517. The van der Waals surface area contributed by atoms with Gasteiger partial charge in [-0.25, -0.2) is 0 Å². The van der Waals surface area contributed by atoms with Crippen LogP contribution in [0.15, 0.2) is 36.4 Å². The van der Waals surface area contributed by atoms with E-state index in [4.69, 9.17) is 5.11 Å². The van der Waals surface area contributed by atoms with Crippen LogP contribution in [0.1, 0.15) is 11.1 Å². The topological polar surface area (TPSA) is 20.2 Å². The molecule has 0 amide bonds. The van der Waals surface area contributed by atoms with Crippen LogP contribution in [0.2, 0.25) is 0 Å². The molecule has 0 radical (unpaired) electrons. The number of aliphatic hydroxyl groups excluding tert-OH is 1. The van der Waals surface area contributed by atoms with Gasteiger partial charge in [-0.1, -0.05) is 24.3 Å². The Hall–Kier alpha value is -1.55. The summed E-state index contributed by atoms with van der Waals surface area (Å²) in [6, 6.07) is 9.21. The Labute approximate surface area is 90.1 Å². The third-order valence-corrected chi connectivity index (χ3v) is 2.45. The van der Waals surface area contributed by atoms with Crippen molar-refractivity contribution < 1.29 is 18.3 Å². The zero-order valence-corrected chi connectivity index (χ0v) is 8.25. The number of benzene rings is 2. The molecular formula is C12H9F3O. The normalized spacial score (nSPS) is 12.0. The lowest BCUT2D eigenvalue weighted by atomic mass is 10.0. The quantitative estimate of drug-likeness (QED) is 0.790. The van der Waals surface area contributed by atoms with Crippen LogP contribution in [0.4, 0.5) is 13.2 Å². The van der Waals surface area contributed by atoms with E-state index < -0.39 is 18.3 Å². The Morgan fingerprint density at radius 3 is 2.06 bits per heavy atom. The van der Waals surface area contributed by atoms with Crippen LogP contribution in [0.3, 0.4) is 0 Å². The highest BCUT2D eigenvalue weighted by molar-refractivity contribution is 5.84. The first-order valence-electron chi connectivity index (χ1n) is 4.72. The van der Waals surface area contributed by atoms with Crippen LogP contribution in [-0.2, 0) is 12.8 Å². The zero-order valence-electron chi connectivity index (χ0n) is 8.25. The zero-order chi connectivity index (χ0) is 11.8. The molecule has 0 saturated carbocycles. The fourth-order valence-electron chi connectivity index (χ4n) is 1.68. The van der Waals surface area contributed by atoms with Crippen molar-refractivity contribution in [2.24, 2.45) is 0 Å². The van der Waals surface area contributed by atoms with Gasteiger partial charge in [0.05, 0.1) is 12.2 Å². The first kappa shape index (κ1) is 11.0. The third-order valence-electron chi connectivity index (χ3n) is 2.45. The average Bonchev–Trinajstić information content (AvgIpc) is 2.26. The number of fused-ring (bicyclic) bond motifs is 1. The molecule has 84 valence electrons. The van der Waals surface area contributed by atoms with E-state index in [1.807, 2.05) is 0 Å². The molecule has 0 bridgehead atoms. The van der Waals surface area contributed by atoms with Gasteiger partial charge in [0.25, 0.3) is 0 Å². The maximum Gasteiger partial charge on any atom is 0.416 e. The number of hydrogen-bond donors (Lipinski definition) is 1. The van der Waals surface area contributed by atoms with Crippen LogP contribution in [0.5, 0.6) is 0 Å². The molecule has 0 aliphatic carbocycles.